The molecule has 0 aromatic heterocycles. The van der Waals surface area contributed by atoms with Crippen molar-refractivity contribution in [2.24, 2.45) is 17.8 Å². The van der Waals surface area contributed by atoms with Crippen molar-refractivity contribution in [3.63, 3.8) is 0 Å². The summed E-state index contributed by atoms with van der Waals surface area (Å²) < 4.78 is 18.7. The molecule has 35 heavy (non-hydrogen) atoms. The Balaban J connectivity index is 6.10. The Kier molecular flexibility index (Phi) is 19.8. The van der Waals surface area contributed by atoms with Crippen LogP contribution in [0.2, 0.25) is 4.44 Å². The van der Waals surface area contributed by atoms with Crippen molar-refractivity contribution in [3.8, 4) is 0 Å². The van der Waals surface area contributed by atoms with E-state index in [0.29, 0.717) is 30.1 Å². The molecule has 6 nitrogen and oxygen atoms in total. The third-order valence-electron chi connectivity index (χ3n) is 6.80. The average Bonchev–Trinajstić information content (AvgIpc) is 2.84. The zero-order valence-corrected chi connectivity index (χ0v) is 26.6. The first-order valence-corrected chi connectivity index (χ1v) is 20.0. The molecule has 0 saturated heterocycles. The van der Waals surface area contributed by atoms with Crippen LogP contribution in [0.1, 0.15) is 138 Å². The second-order valence-corrected chi connectivity index (χ2v) is 16.9. The van der Waals surface area contributed by atoms with Crippen LogP contribution in [0.25, 0.3) is 0 Å². The fraction of sp³-hybridized carbons (Fsp3) is 0.893. The van der Waals surface area contributed by atoms with Crippen LogP contribution in [0.5, 0.6) is 0 Å². The van der Waals surface area contributed by atoms with E-state index in [2.05, 4.69) is 20.8 Å². The topological polar surface area (TPSA) is 78.9 Å². The Bertz CT molecular complexity index is 520. The summed E-state index contributed by atoms with van der Waals surface area (Å²) >= 11 is -4.89. The van der Waals surface area contributed by atoms with Crippen LogP contribution >= 0.6 is 0 Å². The summed E-state index contributed by atoms with van der Waals surface area (Å²) in [6.07, 6.45) is 11.4. The van der Waals surface area contributed by atoms with Crippen LogP contribution < -0.4 is 0 Å². The first-order chi connectivity index (χ1) is 16.8. The van der Waals surface area contributed by atoms with Crippen LogP contribution in [0.15, 0.2) is 0 Å². The second kappa shape index (κ2) is 20.3. The molecule has 0 saturated carbocycles. The Hall–Kier alpha value is -0.791. The molecule has 0 spiro atoms. The molecule has 0 N–H and O–H groups in total. The number of hydrogen-bond donors (Lipinski definition) is 0. The standard InChI is InChI=1S/3C8H16O2.C4H9.Sn/c3*1-3-5-6-7(4-2)8(9)10;1-3-4-2;/h3*7H,3-6H2,1-2H3,(H,9,10);1,3-4H2,2H3;/q;;;;+3/p-3/t3*7-;;/m100../s1. The predicted molar refractivity (Wildman–Crippen MR) is 144 cm³/mol. The molecule has 0 aliphatic rings. The van der Waals surface area contributed by atoms with E-state index in [-0.39, 0.29) is 35.7 Å². The van der Waals surface area contributed by atoms with Gasteiger partial charge < -0.3 is 0 Å². The van der Waals surface area contributed by atoms with Crippen molar-refractivity contribution in [1.29, 1.82) is 0 Å². The van der Waals surface area contributed by atoms with Gasteiger partial charge in [0.1, 0.15) is 0 Å². The maximum absolute atomic E-state index is 13.3. The van der Waals surface area contributed by atoms with Crippen molar-refractivity contribution in [3.05, 3.63) is 0 Å². The van der Waals surface area contributed by atoms with E-state index < -0.39 is 19.6 Å². The van der Waals surface area contributed by atoms with Gasteiger partial charge in [0.25, 0.3) is 0 Å². The molecule has 0 aromatic carbocycles. The number of rotatable bonds is 21. The summed E-state index contributed by atoms with van der Waals surface area (Å²) in [4.78, 5) is 39.9. The van der Waals surface area contributed by atoms with E-state index in [1.54, 1.807) is 0 Å². The van der Waals surface area contributed by atoms with Crippen molar-refractivity contribution in [2.75, 3.05) is 0 Å². The maximum atomic E-state index is 13.3. The fourth-order valence-corrected chi connectivity index (χ4v) is 11.7. The van der Waals surface area contributed by atoms with Crippen molar-refractivity contribution < 1.29 is 23.6 Å². The number of carbonyl (C=O) groups excluding carboxylic acids is 3. The molecular weight excluding hydrogens is 551 g/mol. The normalized spacial score (nSPS) is 14.1. The van der Waals surface area contributed by atoms with Gasteiger partial charge in [-0.15, -0.1) is 0 Å². The summed E-state index contributed by atoms with van der Waals surface area (Å²) in [5, 5.41) is 0. The number of carbonyl (C=O) groups is 3. The summed E-state index contributed by atoms with van der Waals surface area (Å²) in [5.41, 5.74) is 0. The Morgan fingerprint density at radius 3 is 1.03 bits per heavy atom. The van der Waals surface area contributed by atoms with Crippen LogP contribution in [-0.4, -0.2) is 37.5 Å². The van der Waals surface area contributed by atoms with E-state index in [1.165, 1.54) is 0 Å². The van der Waals surface area contributed by atoms with Gasteiger partial charge in [0.15, 0.2) is 0 Å². The van der Waals surface area contributed by atoms with Gasteiger partial charge in [-0.05, 0) is 0 Å². The Labute approximate surface area is 221 Å². The second-order valence-electron chi connectivity index (χ2n) is 9.79. The first-order valence-electron chi connectivity index (χ1n) is 14.5. The molecule has 0 bridgehead atoms. The molecule has 7 heteroatoms. The Morgan fingerprint density at radius 1 is 0.514 bits per heavy atom. The van der Waals surface area contributed by atoms with Crippen LogP contribution in [0.3, 0.4) is 0 Å². The Morgan fingerprint density at radius 2 is 0.800 bits per heavy atom. The molecule has 0 aliphatic heterocycles. The van der Waals surface area contributed by atoms with E-state index in [4.69, 9.17) is 9.22 Å². The molecule has 206 valence electrons. The van der Waals surface area contributed by atoms with Gasteiger partial charge in [-0.1, -0.05) is 0 Å². The molecule has 0 unspecified atom stereocenters. The zero-order valence-electron chi connectivity index (χ0n) is 23.8. The van der Waals surface area contributed by atoms with Crippen molar-refractivity contribution in [2.45, 2.75) is 143 Å². The van der Waals surface area contributed by atoms with Gasteiger partial charge in [-0.3, -0.25) is 0 Å². The molecular formula is C28H54O6Sn. The number of hydrogen-bond acceptors (Lipinski definition) is 6. The minimum absolute atomic E-state index is 0.269. The third-order valence-corrected chi connectivity index (χ3v) is 13.9. The van der Waals surface area contributed by atoms with E-state index in [9.17, 15) is 14.4 Å². The SMILES string of the molecule is CCCC[C@@H](CC)C(=O)[O][Sn]([CH2]CCC)([O]C(=O)[C@@H](CC)CCCC)[O]C(=O)[C@@H](CC)CCCC. The monoisotopic (exact) mass is 606 g/mol. The van der Waals surface area contributed by atoms with Gasteiger partial charge in [-0.2, -0.15) is 0 Å². The van der Waals surface area contributed by atoms with Crippen LogP contribution in [-0.2, 0) is 23.6 Å². The molecule has 0 rings (SSSR count). The zero-order chi connectivity index (χ0) is 26.7. The minimum atomic E-state index is -4.89. The van der Waals surface area contributed by atoms with Gasteiger partial charge in [0, 0.05) is 0 Å². The van der Waals surface area contributed by atoms with Crippen LogP contribution in [0.4, 0.5) is 0 Å². The summed E-state index contributed by atoms with van der Waals surface area (Å²) in [6.45, 7) is 14.2. The molecule has 0 fully saturated rings. The van der Waals surface area contributed by atoms with Crippen molar-refractivity contribution >= 4 is 37.5 Å². The number of unbranched alkanes of at least 4 members (excludes halogenated alkanes) is 4. The molecule has 0 aromatic rings. The molecule has 3 atom stereocenters. The van der Waals surface area contributed by atoms with Gasteiger partial charge >= 0.3 is 222 Å². The third kappa shape index (κ3) is 13.4. The van der Waals surface area contributed by atoms with E-state index >= 15 is 0 Å². The first kappa shape index (κ1) is 34.2. The van der Waals surface area contributed by atoms with E-state index in [0.717, 1.165) is 64.2 Å². The summed E-state index contributed by atoms with van der Waals surface area (Å²) in [7, 11) is 0. The molecule has 0 aliphatic carbocycles. The van der Waals surface area contributed by atoms with E-state index in [1.807, 2.05) is 27.7 Å². The fourth-order valence-electron chi connectivity index (χ4n) is 4.14. The van der Waals surface area contributed by atoms with Gasteiger partial charge in [0.05, 0.1) is 0 Å². The molecule has 0 radical (unpaired) electrons. The molecule has 0 heterocycles. The van der Waals surface area contributed by atoms with Crippen molar-refractivity contribution in [1.82, 2.24) is 0 Å². The quantitative estimate of drug-likeness (QED) is 0.123. The van der Waals surface area contributed by atoms with Gasteiger partial charge in [0.2, 0.25) is 0 Å². The predicted octanol–water partition coefficient (Wildman–Crippen LogP) is 8.00. The average molecular weight is 605 g/mol. The summed E-state index contributed by atoms with van der Waals surface area (Å²) in [5.74, 6) is -1.90. The summed E-state index contributed by atoms with van der Waals surface area (Å²) in [6, 6.07) is 0. The molecule has 0 amide bonds. The van der Waals surface area contributed by atoms with Gasteiger partial charge in [-0.25, -0.2) is 0 Å². The van der Waals surface area contributed by atoms with Crippen LogP contribution in [0, 0.1) is 17.8 Å².